The molecule has 7 nitrogen and oxygen atoms in total. The zero-order chi connectivity index (χ0) is 26.8. The molecule has 0 aromatic heterocycles. The lowest BCUT2D eigenvalue weighted by Gasteiger charge is -2.20. The third-order valence-corrected chi connectivity index (χ3v) is 5.70. The summed E-state index contributed by atoms with van der Waals surface area (Å²) in [6.45, 7) is 6.02. The maximum atomic E-state index is 13.6. The highest BCUT2D eigenvalue weighted by Crippen LogP contribution is 2.16. The van der Waals surface area contributed by atoms with Gasteiger partial charge in [-0.05, 0) is 73.5 Å². The van der Waals surface area contributed by atoms with Crippen molar-refractivity contribution in [2.45, 2.75) is 13.8 Å². The molecule has 0 atom stereocenters. The normalized spacial score (nSPS) is 11.3. The molecule has 3 aromatic rings. The van der Waals surface area contributed by atoms with E-state index >= 15 is 0 Å². The third-order valence-electron chi connectivity index (χ3n) is 5.70. The summed E-state index contributed by atoms with van der Waals surface area (Å²) in [6.07, 6.45) is 3.07. The first-order valence-electron chi connectivity index (χ1n) is 12.0. The first kappa shape index (κ1) is 27.1. The first-order chi connectivity index (χ1) is 17.8. The van der Waals surface area contributed by atoms with E-state index in [4.69, 9.17) is 0 Å². The molecule has 0 aliphatic rings. The van der Waals surface area contributed by atoms with Gasteiger partial charge in [0.25, 0.3) is 11.8 Å². The van der Waals surface area contributed by atoms with Gasteiger partial charge in [0.1, 0.15) is 11.5 Å². The number of rotatable bonds is 10. The summed E-state index contributed by atoms with van der Waals surface area (Å²) in [5, 5.41) is 6.63. The van der Waals surface area contributed by atoms with Gasteiger partial charge >= 0.3 is 0 Å². The zero-order valence-corrected chi connectivity index (χ0v) is 21.5. The molecule has 3 rings (SSSR count). The standard InChI is InChI=1S/C29H32FN5O2/c1-5-35(6-2)26-16-12-22(13-17-26)20-31-33-29(37)27(18-21-10-14-25(15-11-21)34(3)4)32-28(36)23-8-7-9-24(30)19-23/h7-20H,5-6H2,1-4H3,(H,32,36)(H,33,37)/b27-18-,31-20?. The summed E-state index contributed by atoms with van der Waals surface area (Å²) in [5.41, 5.74) is 6.14. The molecule has 0 unspecified atom stereocenters. The second-order valence-electron chi connectivity index (χ2n) is 8.47. The Morgan fingerprint density at radius 3 is 2.11 bits per heavy atom. The third kappa shape index (κ3) is 7.76. The van der Waals surface area contributed by atoms with Crippen molar-refractivity contribution in [1.82, 2.24) is 10.7 Å². The van der Waals surface area contributed by atoms with E-state index in [9.17, 15) is 14.0 Å². The van der Waals surface area contributed by atoms with Crippen LogP contribution in [0.25, 0.3) is 6.08 Å². The topological polar surface area (TPSA) is 77.0 Å². The molecule has 0 aliphatic heterocycles. The molecule has 0 fully saturated rings. The van der Waals surface area contributed by atoms with Gasteiger partial charge in [-0.1, -0.05) is 30.3 Å². The molecule has 0 aliphatic carbocycles. The van der Waals surface area contributed by atoms with Crippen molar-refractivity contribution in [2.24, 2.45) is 5.10 Å². The van der Waals surface area contributed by atoms with E-state index in [1.807, 2.05) is 67.5 Å². The van der Waals surface area contributed by atoms with E-state index in [0.29, 0.717) is 5.56 Å². The number of hydrazone groups is 1. The second kappa shape index (κ2) is 13.0. The van der Waals surface area contributed by atoms with E-state index in [1.54, 1.807) is 6.08 Å². The highest BCUT2D eigenvalue weighted by atomic mass is 19.1. The minimum atomic E-state index is -0.613. The average Bonchev–Trinajstić information content (AvgIpc) is 2.90. The predicted molar refractivity (Wildman–Crippen MR) is 148 cm³/mol. The average molecular weight is 502 g/mol. The van der Waals surface area contributed by atoms with Crippen LogP contribution < -0.4 is 20.5 Å². The number of hydrogen-bond donors (Lipinski definition) is 2. The maximum Gasteiger partial charge on any atom is 0.287 e. The van der Waals surface area contributed by atoms with Crippen LogP contribution in [0.5, 0.6) is 0 Å². The Balaban J connectivity index is 1.78. The smallest absolute Gasteiger partial charge is 0.287 e. The van der Waals surface area contributed by atoms with Crippen molar-refractivity contribution >= 4 is 35.5 Å². The predicted octanol–water partition coefficient (Wildman–Crippen LogP) is 4.66. The number of anilines is 2. The second-order valence-corrected chi connectivity index (χ2v) is 8.47. The van der Waals surface area contributed by atoms with E-state index < -0.39 is 17.6 Å². The molecule has 0 saturated heterocycles. The summed E-state index contributed by atoms with van der Waals surface area (Å²) in [7, 11) is 3.86. The van der Waals surface area contributed by atoms with Crippen LogP contribution in [0.3, 0.4) is 0 Å². The van der Waals surface area contributed by atoms with Crippen LogP contribution in [-0.4, -0.2) is 45.2 Å². The SMILES string of the molecule is CCN(CC)c1ccc(C=NNC(=O)/C(=C/c2ccc(N(C)C)cc2)NC(=O)c2cccc(F)c2)cc1. The Morgan fingerprint density at radius 1 is 0.892 bits per heavy atom. The Kier molecular flexibility index (Phi) is 9.55. The van der Waals surface area contributed by atoms with Crippen molar-refractivity contribution in [3.05, 3.63) is 101 Å². The van der Waals surface area contributed by atoms with Crippen LogP contribution in [0, 0.1) is 5.82 Å². The molecule has 0 saturated carbocycles. The molecular weight excluding hydrogens is 469 g/mol. The van der Waals surface area contributed by atoms with Crippen molar-refractivity contribution in [3.8, 4) is 0 Å². The number of amides is 2. The molecule has 8 heteroatoms. The highest BCUT2D eigenvalue weighted by Gasteiger charge is 2.15. The maximum absolute atomic E-state index is 13.6. The first-order valence-corrected chi connectivity index (χ1v) is 12.0. The fourth-order valence-corrected chi connectivity index (χ4v) is 3.60. The summed E-state index contributed by atoms with van der Waals surface area (Å²) in [5.74, 6) is -1.77. The van der Waals surface area contributed by atoms with Gasteiger partial charge in [0.05, 0.1) is 6.21 Å². The zero-order valence-electron chi connectivity index (χ0n) is 21.5. The minimum Gasteiger partial charge on any atom is -0.378 e. The molecule has 2 N–H and O–H groups in total. The molecule has 37 heavy (non-hydrogen) atoms. The fraction of sp³-hybridized carbons (Fsp3) is 0.207. The quantitative estimate of drug-likeness (QED) is 0.241. The van der Waals surface area contributed by atoms with Gasteiger partial charge in [0, 0.05) is 44.1 Å². The lowest BCUT2D eigenvalue weighted by Crippen LogP contribution is -2.32. The van der Waals surface area contributed by atoms with Crippen LogP contribution in [0.15, 0.2) is 83.6 Å². The van der Waals surface area contributed by atoms with Gasteiger partial charge in [-0.15, -0.1) is 0 Å². The molecule has 0 spiro atoms. The number of nitrogens with zero attached hydrogens (tertiary/aromatic N) is 3. The largest absolute Gasteiger partial charge is 0.378 e. The number of halogens is 1. The molecule has 0 heterocycles. The van der Waals surface area contributed by atoms with Crippen LogP contribution in [0.4, 0.5) is 15.8 Å². The minimum absolute atomic E-state index is 0.0269. The Hall–Kier alpha value is -4.46. The van der Waals surface area contributed by atoms with Gasteiger partial charge in [-0.3, -0.25) is 9.59 Å². The molecule has 0 bridgehead atoms. The van der Waals surface area contributed by atoms with Crippen LogP contribution >= 0.6 is 0 Å². The van der Waals surface area contributed by atoms with Crippen LogP contribution in [0.2, 0.25) is 0 Å². The van der Waals surface area contributed by atoms with Gasteiger partial charge in [-0.2, -0.15) is 5.10 Å². The van der Waals surface area contributed by atoms with E-state index in [0.717, 1.165) is 36.1 Å². The van der Waals surface area contributed by atoms with Crippen molar-refractivity contribution in [2.75, 3.05) is 37.0 Å². The summed E-state index contributed by atoms with van der Waals surface area (Å²) in [4.78, 5) is 29.9. The number of carbonyl (C=O) groups is 2. The summed E-state index contributed by atoms with van der Waals surface area (Å²) >= 11 is 0. The van der Waals surface area contributed by atoms with E-state index in [1.165, 1.54) is 24.4 Å². The highest BCUT2D eigenvalue weighted by molar-refractivity contribution is 6.05. The van der Waals surface area contributed by atoms with E-state index in [2.05, 4.69) is 34.6 Å². The molecule has 0 radical (unpaired) electrons. The molecule has 3 aromatic carbocycles. The number of carbonyl (C=O) groups excluding carboxylic acids is 2. The van der Waals surface area contributed by atoms with Gasteiger partial charge in [0.2, 0.25) is 0 Å². The van der Waals surface area contributed by atoms with Gasteiger partial charge in [-0.25, -0.2) is 9.82 Å². The fourth-order valence-electron chi connectivity index (χ4n) is 3.60. The number of hydrogen-bond acceptors (Lipinski definition) is 5. The van der Waals surface area contributed by atoms with Crippen molar-refractivity contribution in [3.63, 3.8) is 0 Å². The molecule has 192 valence electrons. The van der Waals surface area contributed by atoms with Crippen LogP contribution in [-0.2, 0) is 4.79 Å². The number of benzene rings is 3. The van der Waals surface area contributed by atoms with Gasteiger partial charge < -0.3 is 15.1 Å². The monoisotopic (exact) mass is 501 g/mol. The Labute approximate surface area is 217 Å². The molecule has 2 amide bonds. The molecular formula is C29H32FN5O2. The van der Waals surface area contributed by atoms with E-state index in [-0.39, 0.29) is 11.3 Å². The van der Waals surface area contributed by atoms with Crippen LogP contribution in [0.1, 0.15) is 35.3 Å². The summed E-state index contributed by atoms with van der Waals surface area (Å²) < 4.78 is 13.6. The van der Waals surface area contributed by atoms with Crippen molar-refractivity contribution < 1.29 is 14.0 Å². The van der Waals surface area contributed by atoms with Gasteiger partial charge in [0.15, 0.2) is 0 Å². The number of nitrogens with one attached hydrogen (secondary N) is 2. The Morgan fingerprint density at radius 2 is 1.51 bits per heavy atom. The Bertz CT molecular complexity index is 1260. The van der Waals surface area contributed by atoms with Crippen molar-refractivity contribution in [1.29, 1.82) is 0 Å². The lowest BCUT2D eigenvalue weighted by atomic mass is 10.1. The summed E-state index contributed by atoms with van der Waals surface area (Å²) in [6, 6.07) is 20.5. The lowest BCUT2D eigenvalue weighted by molar-refractivity contribution is -0.117.